The highest BCUT2D eigenvalue weighted by Gasteiger charge is 2.07. The first-order chi connectivity index (χ1) is 7.65. The third kappa shape index (κ3) is 3.90. The first kappa shape index (κ1) is 12.5. The predicted molar refractivity (Wildman–Crippen MR) is 58.1 cm³/mol. The number of likely N-dealkylation sites (N-methyl/N-ethyl adjacent to an activating group) is 1. The lowest BCUT2D eigenvalue weighted by Crippen LogP contribution is -3.11. The zero-order valence-corrected chi connectivity index (χ0v) is 9.66. The average molecular weight is 223 g/mol. The van der Waals surface area contributed by atoms with E-state index in [0.717, 1.165) is 22.8 Å². The van der Waals surface area contributed by atoms with Gasteiger partial charge < -0.3 is 19.5 Å². The fourth-order valence-electron chi connectivity index (χ4n) is 1.55. The molecule has 0 saturated carbocycles. The molecule has 1 atom stereocenters. The van der Waals surface area contributed by atoms with E-state index in [9.17, 15) is 9.90 Å². The Balaban J connectivity index is 2.59. The molecule has 0 fully saturated rings. The van der Waals surface area contributed by atoms with Crippen molar-refractivity contribution < 1.29 is 19.5 Å². The summed E-state index contributed by atoms with van der Waals surface area (Å²) in [6.07, 6.45) is 0. The Labute approximate surface area is 95.5 Å². The molecule has 0 aliphatic carbocycles. The molecule has 88 valence electrons. The second-order valence-corrected chi connectivity index (χ2v) is 3.68. The van der Waals surface area contributed by atoms with Gasteiger partial charge >= 0.3 is 0 Å². The molecular formula is C12H17NO3. The molecule has 0 saturated heterocycles. The Morgan fingerprint density at radius 2 is 2.00 bits per heavy atom. The summed E-state index contributed by atoms with van der Waals surface area (Å²) in [6.45, 7) is 3.46. The second kappa shape index (κ2) is 6.12. The Bertz CT molecular complexity index is 335. The van der Waals surface area contributed by atoms with Crippen LogP contribution in [0, 0.1) is 0 Å². The Morgan fingerprint density at radius 3 is 2.44 bits per heavy atom. The van der Waals surface area contributed by atoms with Crippen LogP contribution in [0.2, 0.25) is 0 Å². The summed E-state index contributed by atoms with van der Waals surface area (Å²) >= 11 is 0. The normalized spacial score (nSPS) is 12.1. The summed E-state index contributed by atoms with van der Waals surface area (Å²) in [5.41, 5.74) is 1.10. The molecule has 16 heavy (non-hydrogen) atoms. The Morgan fingerprint density at radius 1 is 1.38 bits per heavy atom. The molecule has 1 aromatic carbocycles. The van der Waals surface area contributed by atoms with Crippen LogP contribution in [0.3, 0.4) is 0 Å². The molecule has 1 aromatic rings. The van der Waals surface area contributed by atoms with Crippen molar-refractivity contribution in [3.05, 3.63) is 29.8 Å². The summed E-state index contributed by atoms with van der Waals surface area (Å²) in [6, 6.07) is 7.65. The first-order valence-corrected chi connectivity index (χ1v) is 5.32. The first-order valence-electron chi connectivity index (χ1n) is 5.32. The minimum absolute atomic E-state index is 0.0442. The van der Waals surface area contributed by atoms with E-state index in [1.54, 1.807) is 7.11 Å². The minimum atomic E-state index is -1.01. The highest BCUT2D eigenvalue weighted by Crippen LogP contribution is 2.10. The molecule has 0 bridgehead atoms. The Kier molecular flexibility index (Phi) is 4.79. The van der Waals surface area contributed by atoms with Crippen molar-refractivity contribution in [2.24, 2.45) is 0 Å². The lowest BCUT2D eigenvalue weighted by Gasteiger charge is -2.18. The topological polar surface area (TPSA) is 53.8 Å². The summed E-state index contributed by atoms with van der Waals surface area (Å²) < 4.78 is 5.05. The zero-order valence-electron chi connectivity index (χ0n) is 9.66. The maximum absolute atomic E-state index is 10.5. The van der Waals surface area contributed by atoms with Crippen molar-refractivity contribution in [2.45, 2.75) is 13.5 Å². The SMILES string of the molecule is CC[NH+](CC(=O)[O-])Cc1ccc(OC)cc1. The molecule has 1 N–H and O–H groups in total. The van der Waals surface area contributed by atoms with Crippen molar-refractivity contribution in [1.82, 2.24) is 0 Å². The summed E-state index contributed by atoms with van der Waals surface area (Å²) in [4.78, 5) is 11.5. The summed E-state index contributed by atoms with van der Waals surface area (Å²) in [7, 11) is 1.62. The molecule has 1 unspecified atom stereocenters. The van der Waals surface area contributed by atoms with E-state index in [-0.39, 0.29) is 6.54 Å². The molecule has 4 heteroatoms. The largest absolute Gasteiger partial charge is 0.544 e. The van der Waals surface area contributed by atoms with Gasteiger partial charge in [-0.05, 0) is 31.2 Å². The third-order valence-electron chi connectivity index (χ3n) is 2.51. The number of nitrogens with one attached hydrogen (secondary N) is 1. The quantitative estimate of drug-likeness (QED) is 0.662. The van der Waals surface area contributed by atoms with Gasteiger partial charge in [-0.25, -0.2) is 0 Å². The standard InChI is InChI=1S/C12H17NO3/c1-3-13(9-12(14)15)8-10-4-6-11(16-2)7-5-10/h4-7H,3,8-9H2,1-2H3,(H,14,15). The molecular weight excluding hydrogens is 206 g/mol. The van der Waals surface area contributed by atoms with Crippen LogP contribution >= 0.6 is 0 Å². The molecule has 0 aromatic heterocycles. The van der Waals surface area contributed by atoms with Crippen LogP contribution in [0.1, 0.15) is 12.5 Å². The molecule has 0 amide bonds. The number of quaternary nitrogens is 1. The monoisotopic (exact) mass is 223 g/mol. The van der Waals surface area contributed by atoms with Crippen molar-refractivity contribution >= 4 is 5.97 Å². The summed E-state index contributed by atoms with van der Waals surface area (Å²) in [5, 5.41) is 10.5. The Hall–Kier alpha value is -1.55. The third-order valence-corrected chi connectivity index (χ3v) is 2.51. The predicted octanol–water partition coefficient (Wildman–Crippen LogP) is -1.15. The number of methoxy groups -OCH3 is 1. The van der Waals surface area contributed by atoms with E-state index in [4.69, 9.17) is 4.74 Å². The van der Waals surface area contributed by atoms with Crippen LogP contribution in [0.15, 0.2) is 24.3 Å². The summed E-state index contributed by atoms with van der Waals surface area (Å²) in [5.74, 6) is -0.202. The van der Waals surface area contributed by atoms with Gasteiger partial charge in [0.1, 0.15) is 18.8 Å². The number of hydrogen-bond acceptors (Lipinski definition) is 3. The van der Waals surface area contributed by atoms with Gasteiger partial charge in [0.15, 0.2) is 0 Å². The minimum Gasteiger partial charge on any atom is -0.544 e. The van der Waals surface area contributed by atoms with Crippen molar-refractivity contribution in [3.8, 4) is 5.75 Å². The highest BCUT2D eigenvalue weighted by atomic mass is 16.5. The van der Waals surface area contributed by atoms with Crippen molar-refractivity contribution in [2.75, 3.05) is 20.2 Å². The van der Waals surface area contributed by atoms with Gasteiger partial charge in [-0.2, -0.15) is 0 Å². The van der Waals surface area contributed by atoms with E-state index in [2.05, 4.69) is 0 Å². The van der Waals surface area contributed by atoms with Crippen LogP contribution in [0.4, 0.5) is 0 Å². The van der Waals surface area contributed by atoms with Gasteiger partial charge in [0.05, 0.1) is 19.6 Å². The van der Waals surface area contributed by atoms with E-state index in [0.29, 0.717) is 6.54 Å². The van der Waals surface area contributed by atoms with E-state index < -0.39 is 5.97 Å². The van der Waals surface area contributed by atoms with Gasteiger partial charge in [-0.15, -0.1) is 0 Å². The molecule has 0 spiro atoms. The van der Waals surface area contributed by atoms with Crippen LogP contribution < -0.4 is 14.7 Å². The van der Waals surface area contributed by atoms with E-state index >= 15 is 0 Å². The fourth-order valence-corrected chi connectivity index (χ4v) is 1.55. The molecule has 1 rings (SSSR count). The van der Waals surface area contributed by atoms with E-state index in [1.165, 1.54) is 0 Å². The fraction of sp³-hybridized carbons (Fsp3) is 0.417. The van der Waals surface area contributed by atoms with Gasteiger partial charge in [-0.1, -0.05) is 0 Å². The van der Waals surface area contributed by atoms with Crippen LogP contribution in [-0.2, 0) is 11.3 Å². The number of carbonyl (C=O) groups excluding carboxylic acids is 1. The number of aliphatic carboxylic acids is 1. The number of benzene rings is 1. The van der Waals surface area contributed by atoms with Crippen molar-refractivity contribution in [3.63, 3.8) is 0 Å². The molecule has 0 aliphatic rings. The average Bonchev–Trinajstić information content (AvgIpc) is 2.28. The van der Waals surface area contributed by atoms with E-state index in [1.807, 2.05) is 31.2 Å². The smallest absolute Gasteiger partial charge is 0.118 e. The van der Waals surface area contributed by atoms with Crippen molar-refractivity contribution in [1.29, 1.82) is 0 Å². The lowest BCUT2D eigenvalue weighted by atomic mass is 10.2. The maximum atomic E-state index is 10.5. The van der Waals surface area contributed by atoms with Gasteiger partial charge in [0.2, 0.25) is 0 Å². The molecule has 0 heterocycles. The van der Waals surface area contributed by atoms with Gasteiger partial charge in [0.25, 0.3) is 0 Å². The zero-order chi connectivity index (χ0) is 12.0. The van der Waals surface area contributed by atoms with Crippen LogP contribution in [0.5, 0.6) is 5.75 Å². The number of carboxylic acids is 1. The number of hydrogen-bond donors (Lipinski definition) is 1. The number of ether oxygens (including phenoxy) is 1. The number of carboxylic acid groups (broad SMARTS) is 1. The second-order valence-electron chi connectivity index (χ2n) is 3.68. The highest BCUT2D eigenvalue weighted by molar-refractivity contribution is 5.65. The van der Waals surface area contributed by atoms with Gasteiger partial charge in [-0.3, -0.25) is 0 Å². The lowest BCUT2D eigenvalue weighted by molar-refractivity contribution is -0.906. The van der Waals surface area contributed by atoms with Crippen LogP contribution in [0.25, 0.3) is 0 Å². The molecule has 4 nitrogen and oxygen atoms in total. The van der Waals surface area contributed by atoms with Gasteiger partial charge in [0, 0.05) is 5.56 Å². The molecule has 0 aliphatic heterocycles. The molecule has 0 radical (unpaired) electrons. The maximum Gasteiger partial charge on any atom is 0.118 e. The number of carbonyl (C=O) groups is 1. The number of rotatable bonds is 6. The van der Waals surface area contributed by atoms with Crippen LogP contribution in [-0.4, -0.2) is 26.2 Å².